The van der Waals surface area contributed by atoms with E-state index in [4.69, 9.17) is 23.2 Å². The Kier molecular flexibility index (Phi) is 3.63. The van der Waals surface area contributed by atoms with Crippen molar-refractivity contribution >= 4 is 23.2 Å². The molecule has 1 aromatic rings. The molecule has 0 spiro atoms. The van der Waals surface area contributed by atoms with Gasteiger partial charge in [-0.3, -0.25) is 0 Å². The van der Waals surface area contributed by atoms with Crippen molar-refractivity contribution in [2.75, 3.05) is 0 Å². The van der Waals surface area contributed by atoms with Crippen molar-refractivity contribution < 1.29 is 0 Å². The predicted molar refractivity (Wildman–Crippen MR) is 59.7 cm³/mol. The molecule has 72 valence electrons. The maximum atomic E-state index is 6.03. The Balaban J connectivity index is 3.04. The number of halogens is 2. The molecular formula is C11H14Cl2. The lowest BCUT2D eigenvalue weighted by atomic mass is 9.99. The van der Waals surface area contributed by atoms with Gasteiger partial charge in [-0.1, -0.05) is 43.1 Å². The first kappa shape index (κ1) is 10.9. The van der Waals surface area contributed by atoms with E-state index in [1.54, 1.807) is 0 Å². The second-order valence-electron chi connectivity index (χ2n) is 3.74. The smallest absolute Gasteiger partial charge is 0.0624 e. The van der Waals surface area contributed by atoms with Crippen molar-refractivity contribution in [2.24, 2.45) is 5.92 Å². The Bertz CT molecular complexity index is 303. The summed E-state index contributed by atoms with van der Waals surface area (Å²) >= 11 is 11.9. The maximum Gasteiger partial charge on any atom is 0.0624 e. The first-order valence-corrected chi connectivity index (χ1v) is 5.21. The van der Waals surface area contributed by atoms with E-state index >= 15 is 0 Å². The Hall–Kier alpha value is -0.200. The highest BCUT2D eigenvalue weighted by atomic mass is 35.5. The third-order valence-electron chi connectivity index (χ3n) is 2.08. The van der Waals surface area contributed by atoms with Gasteiger partial charge in [0.2, 0.25) is 0 Å². The fourth-order valence-electron chi connectivity index (χ4n) is 1.35. The number of rotatable bonds is 2. The van der Waals surface area contributed by atoms with Gasteiger partial charge < -0.3 is 0 Å². The fraction of sp³-hybridized carbons (Fsp3) is 0.455. The summed E-state index contributed by atoms with van der Waals surface area (Å²) in [4.78, 5) is 0. The molecule has 0 radical (unpaired) electrons. The van der Waals surface area contributed by atoms with E-state index in [0.29, 0.717) is 16.0 Å². The Morgan fingerprint density at radius 2 is 1.85 bits per heavy atom. The molecular weight excluding hydrogens is 203 g/mol. The van der Waals surface area contributed by atoms with E-state index in [1.165, 1.54) is 5.56 Å². The topological polar surface area (TPSA) is 0 Å². The highest BCUT2D eigenvalue weighted by Crippen LogP contribution is 2.28. The monoisotopic (exact) mass is 216 g/mol. The average molecular weight is 217 g/mol. The van der Waals surface area contributed by atoms with Crippen molar-refractivity contribution in [1.29, 1.82) is 0 Å². The summed E-state index contributed by atoms with van der Waals surface area (Å²) in [7, 11) is 0. The SMILES string of the molecule is Cc1c(CC(C)C)ccc(Cl)c1Cl. The zero-order valence-corrected chi connectivity index (χ0v) is 9.71. The maximum absolute atomic E-state index is 6.03. The van der Waals surface area contributed by atoms with Crippen molar-refractivity contribution in [2.45, 2.75) is 27.2 Å². The van der Waals surface area contributed by atoms with Crippen LogP contribution >= 0.6 is 23.2 Å². The molecule has 0 nitrogen and oxygen atoms in total. The first-order valence-electron chi connectivity index (χ1n) is 4.46. The molecule has 0 aliphatic rings. The Morgan fingerprint density at radius 3 is 2.38 bits per heavy atom. The van der Waals surface area contributed by atoms with Gasteiger partial charge in [0.1, 0.15) is 0 Å². The average Bonchev–Trinajstić information content (AvgIpc) is 2.06. The van der Waals surface area contributed by atoms with Gasteiger partial charge in [-0.25, -0.2) is 0 Å². The zero-order chi connectivity index (χ0) is 10.0. The number of hydrogen-bond acceptors (Lipinski definition) is 0. The van der Waals surface area contributed by atoms with Crippen LogP contribution in [0.1, 0.15) is 25.0 Å². The van der Waals surface area contributed by atoms with E-state index in [1.807, 2.05) is 13.0 Å². The molecule has 0 N–H and O–H groups in total. The highest BCUT2D eigenvalue weighted by molar-refractivity contribution is 6.42. The molecule has 0 heterocycles. The summed E-state index contributed by atoms with van der Waals surface area (Å²) in [5.41, 5.74) is 2.41. The Morgan fingerprint density at radius 1 is 1.23 bits per heavy atom. The van der Waals surface area contributed by atoms with Crippen LogP contribution in [0.15, 0.2) is 12.1 Å². The highest BCUT2D eigenvalue weighted by Gasteiger charge is 2.07. The third kappa shape index (κ3) is 2.62. The molecule has 0 atom stereocenters. The lowest BCUT2D eigenvalue weighted by Crippen LogP contribution is -1.97. The van der Waals surface area contributed by atoms with Crippen LogP contribution in [-0.2, 0) is 6.42 Å². The molecule has 0 saturated carbocycles. The van der Waals surface area contributed by atoms with Gasteiger partial charge in [0, 0.05) is 0 Å². The van der Waals surface area contributed by atoms with Gasteiger partial charge in [0.25, 0.3) is 0 Å². The molecule has 13 heavy (non-hydrogen) atoms. The largest absolute Gasteiger partial charge is 0.0827 e. The van der Waals surface area contributed by atoms with E-state index in [-0.39, 0.29) is 0 Å². The van der Waals surface area contributed by atoms with Gasteiger partial charge in [0.15, 0.2) is 0 Å². The molecule has 0 amide bonds. The van der Waals surface area contributed by atoms with Crippen molar-refractivity contribution in [3.8, 4) is 0 Å². The molecule has 0 saturated heterocycles. The second kappa shape index (κ2) is 4.34. The minimum Gasteiger partial charge on any atom is -0.0827 e. The summed E-state index contributed by atoms with van der Waals surface area (Å²) in [5, 5.41) is 1.34. The number of hydrogen-bond donors (Lipinski definition) is 0. The predicted octanol–water partition coefficient (Wildman–Crippen LogP) is 4.50. The molecule has 0 fully saturated rings. The fourth-order valence-corrected chi connectivity index (χ4v) is 1.74. The molecule has 0 aliphatic carbocycles. The molecule has 0 unspecified atom stereocenters. The quantitative estimate of drug-likeness (QED) is 0.684. The molecule has 0 aromatic heterocycles. The summed E-state index contributed by atoms with van der Waals surface area (Å²) in [6, 6.07) is 3.93. The number of benzene rings is 1. The summed E-state index contributed by atoms with van der Waals surface area (Å²) < 4.78 is 0. The summed E-state index contributed by atoms with van der Waals surface area (Å²) in [6.07, 6.45) is 1.06. The van der Waals surface area contributed by atoms with Crippen LogP contribution in [0.5, 0.6) is 0 Å². The van der Waals surface area contributed by atoms with Crippen LogP contribution in [0, 0.1) is 12.8 Å². The molecule has 0 bridgehead atoms. The van der Waals surface area contributed by atoms with Crippen molar-refractivity contribution in [3.05, 3.63) is 33.3 Å². The van der Waals surface area contributed by atoms with Crippen LogP contribution in [-0.4, -0.2) is 0 Å². The van der Waals surface area contributed by atoms with Crippen molar-refractivity contribution in [3.63, 3.8) is 0 Å². The lowest BCUT2D eigenvalue weighted by Gasteiger charge is -2.10. The van der Waals surface area contributed by atoms with Crippen molar-refractivity contribution in [1.82, 2.24) is 0 Å². The molecule has 2 heteroatoms. The van der Waals surface area contributed by atoms with E-state index in [2.05, 4.69) is 19.9 Å². The summed E-state index contributed by atoms with van der Waals surface area (Å²) in [6.45, 7) is 6.41. The molecule has 1 rings (SSSR count). The van der Waals surface area contributed by atoms with E-state index in [9.17, 15) is 0 Å². The zero-order valence-electron chi connectivity index (χ0n) is 8.20. The minimum absolute atomic E-state index is 0.645. The van der Waals surface area contributed by atoms with Crippen LogP contribution in [0.4, 0.5) is 0 Å². The van der Waals surface area contributed by atoms with Gasteiger partial charge in [0.05, 0.1) is 10.0 Å². The van der Waals surface area contributed by atoms with Gasteiger partial charge in [-0.2, -0.15) is 0 Å². The van der Waals surface area contributed by atoms with E-state index in [0.717, 1.165) is 12.0 Å². The Labute approximate surface area is 89.9 Å². The normalized spacial score (nSPS) is 10.9. The van der Waals surface area contributed by atoms with E-state index < -0.39 is 0 Å². The minimum atomic E-state index is 0.645. The first-order chi connectivity index (χ1) is 6.02. The summed E-state index contributed by atoms with van der Waals surface area (Å²) in [5.74, 6) is 0.649. The molecule has 1 aromatic carbocycles. The van der Waals surface area contributed by atoms with Crippen LogP contribution < -0.4 is 0 Å². The van der Waals surface area contributed by atoms with Crippen LogP contribution in [0.2, 0.25) is 10.0 Å². The van der Waals surface area contributed by atoms with Gasteiger partial charge in [-0.05, 0) is 36.5 Å². The van der Waals surface area contributed by atoms with Crippen LogP contribution in [0.3, 0.4) is 0 Å². The van der Waals surface area contributed by atoms with Gasteiger partial charge >= 0.3 is 0 Å². The third-order valence-corrected chi connectivity index (χ3v) is 2.98. The van der Waals surface area contributed by atoms with Crippen LogP contribution in [0.25, 0.3) is 0 Å². The lowest BCUT2D eigenvalue weighted by molar-refractivity contribution is 0.645. The second-order valence-corrected chi connectivity index (χ2v) is 4.53. The standard InChI is InChI=1S/C11H14Cl2/c1-7(2)6-9-4-5-10(12)11(13)8(9)3/h4-5,7H,6H2,1-3H3. The molecule has 0 aliphatic heterocycles. The van der Waals surface area contributed by atoms with Gasteiger partial charge in [-0.15, -0.1) is 0 Å².